The Morgan fingerprint density at radius 2 is 1.83 bits per heavy atom. The van der Waals surface area contributed by atoms with Gasteiger partial charge in [-0.2, -0.15) is 0 Å². The normalized spacial score (nSPS) is 25.2. The number of aliphatic hydroxyl groups is 2. The zero-order valence-corrected chi connectivity index (χ0v) is 7.92. The highest BCUT2D eigenvalue weighted by Gasteiger charge is 2.35. The lowest BCUT2D eigenvalue weighted by Crippen LogP contribution is -2.43. The van der Waals surface area contributed by atoms with E-state index in [4.69, 9.17) is 0 Å². The van der Waals surface area contributed by atoms with Crippen molar-refractivity contribution in [1.29, 1.82) is 0 Å². The van der Waals surface area contributed by atoms with Crippen molar-refractivity contribution in [3.05, 3.63) is 0 Å². The first-order valence-corrected chi connectivity index (χ1v) is 5.09. The summed E-state index contributed by atoms with van der Waals surface area (Å²) in [6.07, 6.45) is 6.10. The molecule has 0 bridgehead atoms. The lowest BCUT2D eigenvalue weighted by molar-refractivity contribution is -0.0995. The molecule has 1 unspecified atom stereocenters. The second-order valence-corrected chi connectivity index (χ2v) is 3.97. The highest BCUT2D eigenvalue weighted by atomic mass is 16.3. The van der Waals surface area contributed by atoms with Crippen LogP contribution >= 0.6 is 0 Å². The van der Waals surface area contributed by atoms with Crippen LogP contribution in [0, 0.1) is 0 Å². The van der Waals surface area contributed by atoms with Crippen molar-refractivity contribution in [3.63, 3.8) is 0 Å². The molecule has 2 heteroatoms. The number of rotatable bonds is 3. The Balaban J connectivity index is 2.44. The minimum atomic E-state index is -0.756. The fourth-order valence-corrected chi connectivity index (χ4v) is 2.04. The SMILES string of the molecule is CCCC(O)C1(O)CCCCC1. The maximum atomic E-state index is 10.0. The molecule has 1 rings (SSSR count). The Labute approximate surface area is 74.6 Å². The summed E-state index contributed by atoms with van der Waals surface area (Å²) in [7, 11) is 0. The molecule has 0 aromatic rings. The van der Waals surface area contributed by atoms with Crippen molar-refractivity contribution in [1.82, 2.24) is 0 Å². The number of aliphatic hydroxyl groups excluding tert-OH is 1. The third-order valence-corrected chi connectivity index (χ3v) is 2.90. The van der Waals surface area contributed by atoms with Gasteiger partial charge in [0.05, 0.1) is 11.7 Å². The van der Waals surface area contributed by atoms with Crippen molar-refractivity contribution in [2.75, 3.05) is 0 Å². The molecule has 72 valence electrons. The summed E-state index contributed by atoms with van der Waals surface area (Å²) in [5.41, 5.74) is -0.756. The summed E-state index contributed by atoms with van der Waals surface area (Å²) in [6.45, 7) is 2.04. The predicted molar refractivity (Wildman–Crippen MR) is 48.9 cm³/mol. The van der Waals surface area contributed by atoms with E-state index in [-0.39, 0.29) is 0 Å². The van der Waals surface area contributed by atoms with Crippen LogP contribution in [0.15, 0.2) is 0 Å². The summed E-state index contributed by atoms with van der Waals surface area (Å²) >= 11 is 0. The largest absolute Gasteiger partial charge is 0.390 e. The minimum Gasteiger partial charge on any atom is -0.390 e. The summed E-state index contributed by atoms with van der Waals surface area (Å²) in [5.74, 6) is 0. The van der Waals surface area contributed by atoms with Crippen LogP contribution in [0.2, 0.25) is 0 Å². The Kier molecular flexibility index (Phi) is 3.53. The van der Waals surface area contributed by atoms with Crippen molar-refractivity contribution in [3.8, 4) is 0 Å². The summed E-state index contributed by atoms with van der Waals surface area (Å²) < 4.78 is 0. The number of hydrogen-bond acceptors (Lipinski definition) is 2. The van der Waals surface area contributed by atoms with Crippen LogP contribution in [-0.4, -0.2) is 21.9 Å². The van der Waals surface area contributed by atoms with Gasteiger partial charge in [0.15, 0.2) is 0 Å². The standard InChI is InChI=1S/C10H20O2/c1-2-6-9(11)10(12)7-4-3-5-8-10/h9,11-12H,2-8H2,1H3. The van der Waals surface area contributed by atoms with Crippen LogP contribution in [0.3, 0.4) is 0 Å². The highest BCUT2D eigenvalue weighted by Crippen LogP contribution is 2.32. The van der Waals surface area contributed by atoms with Gasteiger partial charge in [-0.3, -0.25) is 0 Å². The third kappa shape index (κ3) is 2.20. The molecule has 1 atom stereocenters. The van der Waals surface area contributed by atoms with Crippen LogP contribution in [0.1, 0.15) is 51.9 Å². The van der Waals surface area contributed by atoms with Gasteiger partial charge in [-0.05, 0) is 19.3 Å². The van der Waals surface area contributed by atoms with Gasteiger partial charge in [0.1, 0.15) is 0 Å². The highest BCUT2D eigenvalue weighted by molar-refractivity contribution is 4.88. The van der Waals surface area contributed by atoms with E-state index in [1.54, 1.807) is 0 Å². The van der Waals surface area contributed by atoms with Crippen molar-refractivity contribution >= 4 is 0 Å². The molecule has 0 heterocycles. The van der Waals surface area contributed by atoms with Crippen LogP contribution in [0.25, 0.3) is 0 Å². The van der Waals surface area contributed by atoms with Gasteiger partial charge in [0, 0.05) is 0 Å². The maximum Gasteiger partial charge on any atom is 0.0905 e. The first-order chi connectivity index (χ1) is 5.69. The van der Waals surface area contributed by atoms with E-state index in [2.05, 4.69) is 0 Å². The number of hydrogen-bond donors (Lipinski definition) is 2. The fourth-order valence-electron chi connectivity index (χ4n) is 2.04. The third-order valence-electron chi connectivity index (χ3n) is 2.90. The summed E-state index contributed by atoms with van der Waals surface area (Å²) in [4.78, 5) is 0. The zero-order chi connectivity index (χ0) is 9.03. The van der Waals surface area contributed by atoms with Crippen molar-refractivity contribution in [2.45, 2.75) is 63.6 Å². The van der Waals surface area contributed by atoms with Gasteiger partial charge in [0.2, 0.25) is 0 Å². The molecule has 0 spiro atoms. The van der Waals surface area contributed by atoms with Crippen LogP contribution in [0.5, 0.6) is 0 Å². The predicted octanol–water partition coefficient (Wildman–Crippen LogP) is 1.84. The fraction of sp³-hybridized carbons (Fsp3) is 1.00. The van der Waals surface area contributed by atoms with E-state index in [1.807, 2.05) is 6.92 Å². The average Bonchev–Trinajstić information content (AvgIpc) is 2.06. The molecule has 0 radical (unpaired) electrons. The van der Waals surface area contributed by atoms with Crippen LogP contribution < -0.4 is 0 Å². The summed E-state index contributed by atoms with van der Waals surface area (Å²) in [6, 6.07) is 0. The Morgan fingerprint density at radius 1 is 1.25 bits per heavy atom. The molecule has 2 N–H and O–H groups in total. The average molecular weight is 172 g/mol. The maximum absolute atomic E-state index is 10.0. The van der Waals surface area contributed by atoms with E-state index < -0.39 is 11.7 Å². The van der Waals surface area contributed by atoms with Gasteiger partial charge in [-0.25, -0.2) is 0 Å². The van der Waals surface area contributed by atoms with Gasteiger partial charge < -0.3 is 10.2 Å². The molecule has 0 aromatic carbocycles. The monoisotopic (exact) mass is 172 g/mol. The minimum absolute atomic E-state index is 0.497. The molecular weight excluding hydrogens is 152 g/mol. The lowest BCUT2D eigenvalue weighted by atomic mass is 9.79. The van der Waals surface area contributed by atoms with Gasteiger partial charge >= 0.3 is 0 Å². The Bertz CT molecular complexity index is 128. The second kappa shape index (κ2) is 4.24. The molecule has 0 saturated heterocycles. The Morgan fingerprint density at radius 3 is 2.33 bits per heavy atom. The van der Waals surface area contributed by atoms with Crippen molar-refractivity contribution < 1.29 is 10.2 Å². The molecule has 0 aliphatic heterocycles. The molecule has 1 saturated carbocycles. The smallest absolute Gasteiger partial charge is 0.0905 e. The quantitative estimate of drug-likeness (QED) is 0.682. The lowest BCUT2D eigenvalue weighted by Gasteiger charge is -2.36. The van der Waals surface area contributed by atoms with E-state index in [1.165, 1.54) is 6.42 Å². The zero-order valence-electron chi connectivity index (χ0n) is 7.92. The van der Waals surface area contributed by atoms with Crippen LogP contribution in [-0.2, 0) is 0 Å². The molecule has 1 aliphatic carbocycles. The van der Waals surface area contributed by atoms with Crippen molar-refractivity contribution in [2.24, 2.45) is 0 Å². The molecule has 0 aromatic heterocycles. The first kappa shape index (κ1) is 10.0. The van der Waals surface area contributed by atoms with E-state index in [0.29, 0.717) is 0 Å². The molecule has 1 aliphatic rings. The molecular formula is C10H20O2. The second-order valence-electron chi connectivity index (χ2n) is 3.97. The van der Waals surface area contributed by atoms with Gasteiger partial charge in [-0.15, -0.1) is 0 Å². The first-order valence-electron chi connectivity index (χ1n) is 5.09. The van der Waals surface area contributed by atoms with E-state index in [9.17, 15) is 10.2 Å². The van der Waals surface area contributed by atoms with E-state index in [0.717, 1.165) is 38.5 Å². The van der Waals surface area contributed by atoms with E-state index >= 15 is 0 Å². The molecule has 12 heavy (non-hydrogen) atoms. The van der Waals surface area contributed by atoms with Gasteiger partial charge in [-0.1, -0.05) is 32.6 Å². The van der Waals surface area contributed by atoms with Gasteiger partial charge in [0.25, 0.3) is 0 Å². The summed E-state index contributed by atoms with van der Waals surface area (Å²) in [5, 5.41) is 19.7. The molecule has 0 amide bonds. The molecule has 1 fully saturated rings. The van der Waals surface area contributed by atoms with Crippen LogP contribution in [0.4, 0.5) is 0 Å². The topological polar surface area (TPSA) is 40.5 Å². The Hall–Kier alpha value is -0.0800. The molecule has 2 nitrogen and oxygen atoms in total.